The lowest BCUT2D eigenvalue weighted by Crippen LogP contribution is -2.34. The fraction of sp³-hybridized carbons (Fsp3) is 0.750. The molecule has 0 bridgehead atoms. The third kappa shape index (κ3) is 2.59. The maximum atomic E-state index is 4.36. The van der Waals surface area contributed by atoms with Crippen LogP contribution in [0.1, 0.15) is 32.4 Å². The predicted octanol–water partition coefficient (Wildman–Crippen LogP) is 1.74. The van der Waals surface area contributed by atoms with E-state index in [1.807, 2.05) is 17.9 Å². The van der Waals surface area contributed by atoms with Crippen molar-refractivity contribution in [2.45, 2.75) is 39.2 Å². The van der Waals surface area contributed by atoms with E-state index in [1.54, 1.807) is 0 Å². The van der Waals surface area contributed by atoms with Gasteiger partial charge in [0.2, 0.25) is 0 Å². The van der Waals surface area contributed by atoms with E-state index in [0.717, 1.165) is 13.0 Å². The second-order valence-electron chi connectivity index (χ2n) is 5.06. The minimum absolute atomic E-state index is 0.574. The average molecular weight is 207 g/mol. The lowest BCUT2D eigenvalue weighted by atomic mass is 10.0. The van der Waals surface area contributed by atoms with Crippen LogP contribution < -0.4 is 5.32 Å². The molecule has 3 heteroatoms. The first-order valence-corrected chi connectivity index (χ1v) is 5.82. The molecule has 0 aromatic carbocycles. The second-order valence-corrected chi connectivity index (χ2v) is 5.06. The summed E-state index contributed by atoms with van der Waals surface area (Å²) in [4.78, 5) is 0. The summed E-state index contributed by atoms with van der Waals surface area (Å²) < 4.78 is 1.86. The van der Waals surface area contributed by atoms with E-state index in [0.29, 0.717) is 11.5 Å². The van der Waals surface area contributed by atoms with Gasteiger partial charge in [-0.2, -0.15) is 5.10 Å². The first-order valence-electron chi connectivity index (χ1n) is 5.82. The van der Waals surface area contributed by atoms with Gasteiger partial charge in [-0.3, -0.25) is 4.68 Å². The Hall–Kier alpha value is -0.830. The molecule has 1 N–H and O–H groups in total. The molecule has 0 aliphatic heterocycles. The van der Waals surface area contributed by atoms with Crippen molar-refractivity contribution in [3.63, 3.8) is 0 Å². The van der Waals surface area contributed by atoms with Gasteiger partial charge in [-0.15, -0.1) is 0 Å². The van der Waals surface area contributed by atoms with Crippen LogP contribution in [0.3, 0.4) is 0 Å². The Morgan fingerprint density at radius 2 is 2.33 bits per heavy atom. The molecular formula is C12H21N3. The molecule has 3 nitrogen and oxygen atoms in total. The van der Waals surface area contributed by atoms with Crippen LogP contribution in [0.25, 0.3) is 0 Å². The van der Waals surface area contributed by atoms with Crippen LogP contribution in [-0.2, 0) is 13.5 Å². The Balaban J connectivity index is 1.71. The van der Waals surface area contributed by atoms with Crippen LogP contribution in [0.5, 0.6) is 0 Å². The zero-order valence-electron chi connectivity index (χ0n) is 9.95. The third-order valence-corrected chi connectivity index (χ3v) is 3.68. The van der Waals surface area contributed by atoms with Crippen molar-refractivity contribution < 1.29 is 0 Å². The van der Waals surface area contributed by atoms with Crippen LogP contribution in [-0.4, -0.2) is 22.4 Å². The number of hydrogen-bond acceptors (Lipinski definition) is 2. The Morgan fingerprint density at radius 1 is 1.60 bits per heavy atom. The summed E-state index contributed by atoms with van der Waals surface area (Å²) in [6.45, 7) is 5.70. The van der Waals surface area contributed by atoms with Crippen LogP contribution in [0.2, 0.25) is 0 Å². The van der Waals surface area contributed by atoms with Gasteiger partial charge in [-0.05, 0) is 31.2 Å². The van der Waals surface area contributed by atoms with Gasteiger partial charge >= 0.3 is 0 Å². The number of rotatable bonds is 5. The van der Waals surface area contributed by atoms with Gasteiger partial charge in [0.05, 0.1) is 5.69 Å². The molecule has 1 aromatic rings. The number of aryl methyl sites for hydroxylation is 1. The fourth-order valence-electron chi connectivity index (χ4n) is 1.89. The van der Waals surface area contributed by atoms with Crippen LogP contribution in [0, 0.1) is 5.41 Å². The molecule has 1 fully saturated rings. The van der Waals surface area contributed by atoms with Gasteiger partial charge in [0.1, 0.15) is 0 Å². The Morgan fingerprint density at radius 3 is 2.87 bits per heavy atom. The topological polar surface area (TPSA) is 29.9 Å². The molecule has 2 rings (SSSR count). The Bertz CT molecular complexity index is 325. The van der Waals surface area contributed by atoms with Gasteiger partial charge in [-0.1, -0.05) is 6.92 Å². The summed E-state index contributed by atoms with van der Waals surface area (Å²) in [5, 5.41) is 7.96. The molecule has 1 atom stereocenters. The lowest BCUT2D eigenvalue weighted by Gasteiger charge is -2.19. The second kappa shape index (κ2) is 3.97. The minimum Gasteiger partial charge on any atom is -0.313 e. The molecule has 1 saturated carbocycles. The highest BCUT2D eigenvalue weighted by atomic mass is 15.2. The maximum Gasteiger partial charge on any atom is 0.0637 e. The van der Waals surface area contributed by atoms with Crippen LogP contribution in [0.15, 0.2) is 12.3 Å². The van der Waals surface area contributed by atoms with E-state index >= 15 is 0 Å². The van der Waals surface area contributed by atoms with Crippen molar-refractivity contribution in [2.75, 3.05) is 6.54 Å². The number of nitrogens with zero attached hydrogens (tertiary/aromatic N) is 2. The smallest absolute Gasteiger partial charge is 0.0637 e. The highest BCUT2D eigenvalue weighted by Gasteiger charge is 2.41. The van der Waals surface area contributed by atoms with Crippen molar-refractivity contribution in [3.8, 4) is 0 Å². The van der Waals surface area contributed by atoms with E-state index < -0.39 is 0 Å². The van der Waals surface area contributed by atoms with Crippen molar-refractivity contribution in [3.05, 3.63) is 18.0 Å². The first-order chi connectivity index (χ1) is 7.10. The summed E-state index contributed by atoms with van der Waals surface area (Å²) in [6.07, 6.45) is 5.79. The Kier molecular flexibility index (Phi) is 2.83. The Labute approximate surface area is 91.9 Å². The highest BCUT2D eigenvalue weighted by Crippen LogP contribution is 2.47. The molecule has 0 amide bonds. The standard InChI is InChI=1S/C12H21N3/c1-10(12(2)6-7-12)13-8-4-11-5-9-15(3)14-11/h5,9-10,13H,4,6-8H2,1-3H3. The summed E-state index contributed by atoms with van der Waals surface area (Å²) in [5.41, 5.74) is 1.75. The van der Waals surface area contributed by atoms with Gasteiger partial charge in [0.25, 0.3) is 0 Å². The van der Waals surface area contributed by atoms with Crippen molar-refractivity contribution in [1.29, 1.82) is 0 Å². The van der Waals surface area contributed by atoms with Crippen LogP contribution >= 0.6 is 0 Å². The maximum absolute atomic E-state index is 4.36. The lowest BCUT2D eigenvalue weighted by molar-refractivity contribution is 0.383. The highest BCUT2D eigenvalue weighted by molar-refractivity contribution is 5.00. The quantitative estimate of drug-likeness (QED) is 0.797. The van der Waals surface area contributed by atoms with Gasteiger partial charge in [-0.25, -0.2) is 0 Å². The molecule has 1 aliphatic carbocycles. The zero-order valence-corrected chi connectivity index (χ0v) is 9.95. The molecule has 1 aromatic heterocycles. The minimum atomic E-state index is 0.574. The van der Waals surface area contributed by atoms with Gasteiger partial charge in [0.15, 0.2) is 0 Å². The monoisotopic (exact) mass is 207 g/mol. The van der Waals surface area contributed by atoms with Crippen molar-refractivity contribution in [2.24, 2.45) is 12.5 Å². The molecule has 84 valence electrons. The molecule has 1 heterocycles. The molecule has 0 spiro atoms. The number of nitrogens with one attached hydrogen (secondary N) is 1. The van der Waals surface area contributed by atoms with E-state index in [-0.39, 0.29) is 0 Å². The summed E-state index contributed by atoms with van der Waals surface area (Å²) in [6, 6.07) is 2.73. The molecular weight excluding hydrogens is 186 g/mol. The summed E-state index contributed by atoms with van der Waals surface area (Å²) in [7, 11) is 1.96. The van der Waals surface area contributed by atoms with E-state index in [1.165, 1.54) is 18.5 Å². The fourth-order valence-corrected chi connectivity index (χ4v) is 1.89. The van der Waals surface area contributed by atoms with Gasteiger partial charge < -0.3 is 5.32 Å². The number of hydrogen-bond donors (Lipinski definition) is 1. The normalized spacial score (nSPS) is 20.2. The van der Waals surface area contributed by atoms with E-state index in [2.05, 4.69) is 30.3 Å². The van der Waals surface area contributed by atoms with Crippen molar-refractivity contribution in [1.82, 2.24) is 15.1 Å². The SMILES string of the molecule is CC(NCCc1ccn(C)n1)C1(C)CC1. The number of aromatic nitrogens is 2. The van der Waals surface area contributed by atoms with Crippen LogP contribution in [0.4, 0.5) is 0 Å². The van der Waals surface area contributed by atoms with E-state index in [4.69, 9.17) is 0 Å². The molecule has 0 saturated heterocycles. The first kappa shape index (κ1) is 10.7. The predicted molar refractivity (Wildman–Crippen MR) is 61.7 cm³/mol. The average Bonchev–Trinajstić information content (AvgIpc) is 2.81. The summed E-state index contributed by atoms with van der Waals surface area (Å²) in [5.74, 6) is 0. The third-order valence-electron chi connectivity index (χ3n) is 3.68. The molecule has 1 unspecified atom stereocenters. The molecule has 15 heavy (non-hydrogen) atoms. The zero-order chi connectivity index (χ0) is 10.9. The van der Waals surface area contributed by atoms with Crippen molar-refractivity contribution >= 4 is 0 Å². The molecule has 0 radical (unpaired) electrons. The van der Waals surface area contributed by atoms with Gasteiger partial charge in [0, 0.05) is 32.3 Å². The molecule has 1 aliphatic rings. The summed E-state index contributed by atoms with van der Waals surface area (Å²) >= 11 is 0. The largest absolute Gasteiger partial charge is 0.313 e. The van der Waals surface area contributed by atoms with E-state index in [9.17, 15) is 0 Å².